The minimum absolute atomic E-state index is 0.236. The van der Waals surface area contributed by atoms with Gasteiger partial charge < -0.3 is 5.32 Å². The smallest absolute Gasteiger partial charge is 0.00746 e. The molecular weight excluding hydrogens is 254 g/mol. The molecule has 0 heterocycles. The quantitative estimate of drug-likeness (QED) is 0.789. The summed E-state index contributed by atoms with van der Waals surface area (Å²) in [5.41, 5.74) is 1.68. The molecule has 0 aromatic heterocycles. The largest absolute Gasteiger partial charge is 0.311 e. The van der Waals surface area contributed by atoms with Gasteiger partial charge in [0.1, 0.15) is 0 Å². The van der Waals surface area contributed by atoms with Crippen molar-refractivity contribution in [3.8, 4) is 0 Å². The van der Waals surface area contributed by atoms with E-state index in [1.807, 2.05) is 0 Å². The maximum atomic E-state index is 3.91. The van der Waals surface area contributed by atoms with E-state index in [0.717, 1.165) is 11.8 Å². The lowest BCUT2D eigenvalue weighted by Crippen LogP contribution is -2.43. The highest BCUT2D eigenvalue weighted by Gasteiger charge is 2.27. The Labute approximate surface area is 131 Å². The lowest BCUT2D eigenvalue weighted by molar-refractivity contribution is 0.219. The number of rotatable bonds is 5. The number of hydrogen-bond donors (Lipinski definition) is 1. The lowest BCUT2D eigenvalue weighted by atomic mass is 9.78. The van der Waals surface area contributed by atoms with E-state index in [1.54, 1.807) is 0 Å². The van der Waals surface area contributed by atoms with Gasteiger partial charge in [-0.2, -0.15) is 0 Å². The molecule has 0 radical (unpaired) electrons. The molecule has 1 saturated carbocycles. The number of benzene rings is 1. The van der Waals surface area contributed by atoms with Gasteiger partial charge in [0.2, 0.25) is 0 Å². The summed E-state index contributed by atoms with van der Waals surface area (Å²) in [6, 6.07) is 12.2. The highest BCUT2D eigenvalue weighted by atomic mass is 14.9. The zero-order valence-corrected chi connectivity index (χ0v) is 14.5. The molecule has 21 heavy (non-hydrogen) atoms. The molecular formula is C20H33N. The second-order valence-corrected chi connectivity index (χ2v) is 8.14. The van der Waals surface area contributed by atoms with Crippen LogP contribution in [0.1, 0.15) is 65.9 Å². The Morgan fingerprint density at radius 2 is 1.62 bits per heavy atom. The van der Waals surface area contributed by atoms with E-state index in [1.165, 1.54) is 31.2 Å². The fourth-order valence-electron chi connectivity index (χ4n) is 4.32. The first-order chi connectivity index (χ1) is 9.87. The maximum absolute atomic E-state index is 3.91. The molecule has 1 fully saturated rings. The number of nitrogens with one attached hydrogen (secondary N) is 1. The summed E-state index contributed by atoms with van der Waals surface area (Å²) in [5.74, 6) is 1.75. The highest BCUT2D eigenvalue weighted by molar-refractivity contribution is 5.23. The average Bonchev–Trinajstić information content (AvgIpc) is 2.37. The molecule has 0 amide bonds. The minimum atomic E-state index is 0.236. The molecule has 1 heteroatoms. The highest BCUT2D eigenvalue weighted by Crippen LogP contribution is 2.31. The van der Waals surface area contributed by atoms with Crippen molar-refractivity contribution in [3.05, 3.63) is 35.9 Å². The molecule has 0 bridgehead atoms. The van der Waals surface area contributed by atoms with Gasteiger partial charge in [0.15, 0.2) is 0 Å². The van der Waals surface area contributed by atoms with Gasteiger partial charge in [-0.05, 0) is 55.4 Å². The molecule has 3 unspecified atom stereocenters. The summed E-state index contributed by atoms with van der Waals surface area (Å²) in [4.78, 5) is 0. The summed E-state index contributed by atoms with van der Waals surface area (Å²) in [6.07, 6.45) is 5.29. The van der Waals surface area contributed by atoms with Crippen molar-refractivity contribution in [2.45, 2.75) is 77.8 Å². The molecule has 0 spiro atoms. The van der Waals surface area contributed by atoms with Crippen LogP contribution in [-0.4, -0.2) is 12.1 Å². The fourth-order valence-corrected chi connectivity index (χ4v) is 4.32. The third-order valence-electron chi connectivity index (χ3n) is 5.07. The van der Waals surface area contributed by atoms with E-state index in [9.17, 15) is 0 Å². The molecule has 0 saturated heterocycles. The van der Waals surface area contributed by atoms with Crippen LogP contribution in [0, 0.1) is 11.8 Å². The molecule has 0 aliphatic heterocycles. The van der Waals surface area contributed by atoms with Crippen LogP contribution < -0.4 is 5.32 Å². The predicted octanol–water partition coefficient (Wildman–Crippen LogP) is 5.16. The molecule has 1 nitrogen and oxygen atoms in total. The summed E-state index contributed by atoms with van der Waals surface area (Å²) >= 11 is 0. The van der Waals surface area contributed by atoms with Crippen molar-refractivity contribution in [1.29, 1.82) is 0 Å². The van der Waals surface area contributed by atoms with Crippen LogP contribution in [0.2, 0.25) is 0 Å². The zero-order chi connectivity index (χ0) is 15.5. The van der Waals surface area contributed by atoms with Crippen LogP contribution in [0.15, 0.2) is 30.3 Å². The first-order valence-electron chi connectivity index (χ1n) is 8.68. The Morgan fingerprint density at radius 3 is 2.19 bits per heavy atom. The normalized spacial score (nSPS) is 28.3. The second-order valence-electron chi connectivity index (χ2n) is 8.14. The second kappa shape index (κ2) is 6.96. The van der Waals surface area contributed by atoms with E-state index < -0.39 is 0 Å². The molecule has 1 aromatic rings. The SMILES string of the molecule is CC1CC(C)CC(NC(C)CC(C)(C)c2ccccc2)C1. The lowest BCUT2D eigenvalue weighted by Gasteiger charge is -2.36. The monoisotopic (exact) mass is 287 g/mol. The molecule has 118 valence electrons. The van der Waals surface area contributed by atoms with Gasteiger partial charge in [0.25, 0.3) is 0 Å². The van der Waals surface area contributed by atoms with E-state index in [4.69, 9.17) is 0 Å². The van der Waals surface area contributed by atoms with Crippen LogP contribution in [0.5, 0.6) is 0 Å². The van der Waals surface area contributed by atoms with Crippen LogP contribution in [0.25, 0.3) is 0 Å². The van der Waals surface area contributed by atoms with Crippen molar-refractivity contribution < 1.29 is 0 Å². The Hall–Kier alpha value is -0.820. The maximum Gasteiger partial charge on any atom is 0.00746 e. The van der Waals surface area contributed by atoms with E-state index in [2.05, 4.69) is 70.3 Å². The first kappa shape index (κ1) is 16.5. The van der Waals surface area contributed by atoms with E-state index in [0.29, 0.717) is 12.1 Å². The van der Waals surface area contributed by atoms with Crippen molar-refractivity contribution in [1.82, 2.24) is 5.32 Å². The Kier molecular flexibility index (Phi) is 5.48. The van der Waals surface area contributed by atoms with Gasteiger partial charge in [-0.15, -0.1) is 0 Å². The molecule has 2 rings (SSSR count). The average molecular weight is 287 g/mol. The van der Waals surface area contributed by atoms with Crippen LogP contribution in [0.4, 0.5) is 0 Å². The van der Waals surface area contributed by atoms with Crippen molar-refractivity contribution in [2.24, 2.45) is 11.8 Å². The Balaban J connectivity index is 1.90. The molecule has 3 atom stereocenters. The van der Waals surface area contributed by atoms with E-state index in [-0.39, 0.29) is 5.41 Å². The minimum Gasteiger partial charge on any atom is -0.311 e. The third kappa shape index (κ3) is 4.85. The number of hydrogen-bond acceptors (Lipinski definition) is 1. The van der Waals surface area contributed by atoms with Crippen LogP contribution in [0.3, 0.4) is 0 Å². The summed E-state index contributed by atoms with van der Waals surface area (Å²) < 4.78 is 0. The Morgan fingerprint density at radius 1 is 1.05 bits per heavy atom. The topological polar surface area (TPSA) is 12.0 Å². The summed E-state index contributed by atoms with van der Waals surface area (Å²) in [7, 11) is 0. The molecule has 1 aliphatic rings. The summed E-state index contributed by atoms with van der Waals surface area (Å²) in [5, 5.41) is 3.91. The van der Waals surface area contributed by atoms with Crippen molar-refractivity contribution >= 4 is 0 Å². The van der Waals surface area contributed by atoms with Crippen LogP contribution in [-0.2, 0) is 5.41 Å². The Bertz CT molecular complexity index is 413. The van der Waals surface area contributed by atoms with E-state index >= 15 is 0 Å². The molecule has 1 aromatic carbocycles. The van der Waals surface area contributed by atoms with Gasteiger partial charge in [0, 0.05) is 12.1 Å². The van der Waals surface area contributed by atoms with Gasteiger partial charge >= 0.3 is 0 Å². The molecule has 1 aliphatic carbocycles. The van der Waals surface area contributed by atoms with Gasteiger partial charge in [-0.25, -0.2) is 0 Å². The molecule has 1 N–H and O–H groups in total. The summed E-state index contributed by atoms with van der Waals surface area (Å²) in [6.45, 7) is 11.9. The predicted molar refractivity (Wildman–Crippen MR) is 92.6 cm³/mol. The van der Waals surface area contributed by atoms with Crippen molar-refractivity contribution in [3.63, 3.8) is 0 Å². The standard InChI is InChI=1S/C20H33N/c1-15-11-16(2)13-19(12-15)21-17(3)14-20(4,5)18-9-7-6-8-10-18/h6-10,15-17,19,21H,11-14H2,1-5H3. The van der Waals surface area contributed by atoms with Gasteiger partial charge in [-0.3, -0.25) is 0 Å². The van der Waals surface area contributed by atoms with Crippen molar-refractivity contribution in [2.75, 3.05) is 0 Å². The zero-order valence-electron chi connectivity index (χ0n) is 14.5. The van der Waals surface area contributed by atoms with Gasteiger partial charge in [-0.1, -0.05) is 58.0 Å². The fraction of sp³-hybridized carbons (Fsp3) is 0.700. The van der Waals surface area contributed by atoms with Gasteiger partial charge in [0.05, 0.1) is 0 Å². The third-order valence-corrected chi connectivity index (χ3v) is 5.07. The van der Waals surface area contributed by atoms with Crippen LogP contribution >= 0.6 is 0 Å². The first-order valence-corrected chi connectivity index (χ1v) is 8.68.